The Morgan fingerprint density at radius 2 is 2.05 bits per heavy atom. The molecule has 1 aromatic carbocycles. The van der Waals surface area contributed by atoms with Crippen molar-refractivity contribution in [3.8, 4) is 0 Å². The Morgan fingerprint density at radius 3 is 2.68 bits per heavy atom. The minimum absolute atomic E-state index is 0.0606. The summed E-state index contributed by atoms with van der Waals surface area (Å²) in [6, 6.07) is 10.2. The van der Waals surface area contributed by atoms with Gasteiger partial charge in [-0.25, -0.2) is 0 Å². The van der Waals surface area contributed by atoms with Crippen LogP contribution in [0.25, 0.3) is 0 Å². The zero-order valence-corrected chi connectivity index (χ0v) is 11.2. The number of morpholine rings is 1. The van der Waals surface area contributed by atoms with Crippen LogP contribution in [-0.2, 0) is 9.53 Å². The number of nitrogens with one attached hydrogen (secondary N) is 1. The van der Waals surface area contributed by atoms with Crippen LogP contribution in [0.4, 0.5) is 0 Å². The molecule has 3 rings (SSSR count). The van der Waals surface area contributed by atoms with Crippen LogP contribution in [0, 0.1) is 5.92 Å². The molecule has 4 heteroatoms. The molecule has 1 aromatic rings. The van der Waals surface area contributed by atoms with Crippen LogP contribution in [0.1, 0.15) is 18.5 Å². The van der Waals surface area contributed by atoms with E-state index in [0.717, 1.165) is 18.7 Å². The molecule has 0 aromatic heterocycles. The lowest BCUT2D eigenvalue weighted by Crippen LogP contribution is -2.56. The molecule has 2 heterocycles. The molecule has 1 amide bonds. The second-order valence-corrected chi connectivity index (χ2v) is 5.42. The van der Waals surface area contributed by atoms with Crippen LogP contribution in [0.5, 0.6) is 0 Å². The molecule has 0 aliphatic carbocycles. The fourth-order valence-electron chi connectivity index (χ4n) is 2.70. The molecule has 0 spiro atoms. The van der Waals surface area contributed by atoms with E-state index < -0.39 is 0 Å². The van der Waals surface area contributed by atoms with Crippen molar-refractivity contribution in [2.75, 3.05) is 26.2 Å². The van der Waals surface area contributed by atoms with Crippen molar-refractivity contribution < 1.29 is 9.53 Å². The SMILES string of the molecule is CC1CN(C(=O)C2CNC2)C(c2ccccc2)CO1. The quantitative estimate of drug-likeness (QED) is 0.868. The molecule has 2 aliphatic rings. The summed E-state index contributed by atoms with van der Waals surface area (Å²) in [5.74, 6) is 0.416. The van der Waals surface area contributed by atoms with Gasteiger partial charge in [0.15, 0.2) is 0 Å². The van der Waals surface area contributed by atoms with Crippen molar-refractivity contribution in [2.45, 2.75) is 19.1 Å². The monoisotopic (exact) mass is 260 g/mol. The van der Waals surface area contributed by atoms with Gasteiger partial charge in [0, 0.05) is 19.6 Å². The lowest BCUT2D eigenvalue weighted by atomic mass is 9.97. The summed E-state index contributed by atoms with van der Waals surface area (Å²) < 4.78 is 5.75. The molecule has 2 atom stereocenters. The van der Waals surface area contributed by atoms with Crippen LogP contribution in [0.3, 0.4) is 0 Å². The van der Waals surface area contributed by atoms with Gasteiger partial charge in [0.25, 0.3) is 0 Å². The molecular weight excluding hydrogens is 240 g/mol. The second kappa shape index (κ2) is 5.31. The number of hydrogen-bond donors (Lipinski definition) is 1. The topological polar surface area (TPSA) is 41.6 Å². The molecule has 2 aliphatic heterocycles. The summed E-state index contributed by atoms with van der Waals surface area (Å²) in [5, 5.41) is 3.17. The lowest BCUT2D eigenvalue weighted by Gasteiger charge is -2.42. The van der Waals surface area contributed by atoms with Gasteiger partial charge < -0.3 is 15.0 Å². The van der Waals surface area contributed by atoms with Gasteiger partial charge in [-0.3, -0.25) is 4.79 Å². The molecule has 0 radical (unpaired) electrons. The maximum absolute atomic E-state index is 12.5. The van der Waals surface area contributed by atoms with Crippen LogP contribution >= 0.6 is 0 Å². The number of benzene rings is 1. The minimum atomic E-state index is 0.0606. The summed E-state index contributed by atoms with van der Waals surface area (Å²) in [6.45, 7) is 4.94. The highest BCUT2D eigenvalue weighted by atomic mass is 16.5. The third-order valence-electron chi connectivity index (χ3n) is 3.97. The Morgan fingerprint density at radius 1 is 1.32 bits per heavy atom. The van der Waals surface area contributed by atoms with Gasteiger partial charge in [0.2, 0.25) is 5.91 Å². The highest BCUT2D eigenvalue weighted by Crippen LogP contribution is 2.28. The number of amides is 1. The molecule has 102 valence electrons. The third kappa shape index (κ3) is 2.51. The molecule has 19 heavy (non-hydrogen) atoms. The zero-order valence-electron chi connectivity index (χ0n) is 11.2. The largest absolute Gasteiger partial charge is 0.374 e. The maximum atomic E-state index is 12.5. The van der Waals surface area contributed by atoms with Crippen LogP contribution < -0.4 is 5.32 Å². The Hall–Kier alpha value is -1.39. The number of hydrogen-bond acceptors (Lipinski definition) is 3. The van der Waals surface area contributed by atoms with Crippen molar-refractivity contribution in [1.29, 1.82) is 0 Å². The summed E-state index contributed by atoms with van der Waals surface area (Å²) >= 11 is 0. The van der Waals surface area contributed by atoms with Crippen LogP contribution in [0.15, 0.2) is 30.3 Å². The highest BCUT2D eigenvalue weighted by Gasteiger charge is 2.36. The van der Waals surface area contributed by atoms with Gasteiger partial charge in [0.05, 0.1) is 24.7 Å². The maximum Gasteiger partial charge on any atom is 0.228 e. The first kappa shape index (κ1) is 12.6. The fraction of sp³-hybridized carbons (Fsp3) is 0.533. The van der Waals surface area contributed by atoms with E-state index in [4.69, 9.17) is 4.74 Å². The first-order valence-corrected chi connectivity index (χ1v) is 6.93. The van der Waals surface area contributed by atoms with E-state index in [2.05, 4.69) is 17.4 Å². The number of carbonyl (C=O) groups is 1. The zero-order chi connectivity index (χ0) is 13.2. The van der Waals surface area contributed by atoms with Crippen LogP contribution in [0.2, 0.25) is 0 Å². The molecule has 1 N–H and O–H groups in total. The van der Waals surface area contributed by atoms with E-state index in [-0.39, 0.29) is 24.0 Å². The molecule has 2 fully saturated rings. The van der Waals surface area contributed by atoms with E-state index in [0.29, 0.717) is 13.2 Å². The Labute approximate surface area is 113 Å². The average Bonchev–Trinajstić information content (AvgIpc) is 2.37. The van der Waals surface area contributed by atoms with Crippen LogP contribution in [-0.4, -0.2) is 43.2 Å². The Kier molecular flexibility index (Phi) is 3.53. The third-order valence-corrected chi connectivity index (χ3v) is 3.97. The number of nitrogens with zero attached hydrogens (tertiary/aromatic N) is 1. The fourth-order valence-corrected chi connectivity index (χ4v) is 2.70. The van der Waals surface area contributed by atoms with E-state index in [9.17, 15) is 4.79 Å². The number of rotatable bonds is 2. The van der Waals surface area contributed by atoms with E-state index in [1.165, 1.54) is 0 Å². The highest BCUT2D eigenvalue weighted by molar-refractivity contribution is 5.80. The van der Waals surface area contributed by atoms with Crippen molar-refractivity contribution in [3.63, 3.8) is 0 Å². The Balaban J connectivity index is 1.81. The van der Waals surface area contributed by atoms with Gasteiger partial charge in [-0.2, -0.15) is 0 Å². The number of ether oxygens (including phenoxy) is 1. The normalized spacial score (nSPS) is 27.9. The van der Waals surface area contributed by atoms with Gasteiger partial charge in [0.1, 0.15) is 0 Å². The van der Waals surface area contributed by atoms with E-state index in [1.807, 2.05) is 30.0 Å². The van der Waals surface area contributed by atoms with E-state index >= 15 is 0 Å². The first-order valence-electron chi connectivity index (χ1n) is 6.93. The molecule has 0 saturated carbocycles. The van der Waals surface area contributed by atoms with Gasteiger partial charge in [-0.15, -0.1) is 0 Å². The standard InChI is InChI=1S/C15H20N2O2/c1-11-9-17(15(18)13-7-16-8-13)14(10-19-11)12-5-3-2-4-6-12/h2-6,11,13-14,16H,7-10H2,1H3. The van der Waals surface area contributed by atoms with Crippen molar-refractivity contribution in [2.24, 2.45) is 5.92 Å². The molecular formula is C15H20N2O2. The Bertz CT molecular complexity index is 445. The minimum Gasteiger partial charge on any atom is -0.374 e. The van der Waals surface area contributed by atoms with Crippen molar-refractivity contribution in [3.05, 3.63) is 35.9 Å². The summed E-state index contributed by atoms with van der Waals surface area (Å²) in [6.07, 6.45) is 0.122. The lowest BCUT2D eigenvalue weighted by molar-refractivity contribution is -0.150. The number of carbonyl (C=O) groups excluding carboxylic acids is 1. The van der Waals surface area contributed by atoms with Gasteiger partial charge in [-0.05, 0) is 12.5 Å². The molecule has 2 saturated heterocycles. The van der Waals surface area contributed by atoms with Crippen molar-refractivity contribution in [1.82, 2.24) is 10.2 Å². The van der Waals surface area contributed by atoms with Gasteiger partial charge in [-0.1, -0.05) is 30.3 Å². The predicted octanol–water partition coefficient (Wildman–Crippen LogP) is 1.19. The first-order chi connectivity index (χ1) is 9.25. The average molecular weight is 260 g/mol. The van der Waals surface area contributed by atoms with E-state index in [1.54, 1.807) is 0 Å². The summed E-state index contributed by atoms with van der Waals surface area (Å²) in [7, 11) is 0. The summed E-state index contributed by atoms with van der Waals surface area (Å²) in [4.78, 5) is 14.5. The summed E-state index contributed by atoms with van der Waals surface area (Å²) in [5.41, 5.74) is 1.16. The second-order valence-electron chi connectivity index (χ2n) is 5.42. The van der Waals surface area contributed by atoms with Crippen molar-refractivity contribution >= 4 is 5.91 Å². The predicted molar refractivity (Wildman–Crippen MR) is 72.7 cm³/mol. The molecule has 4 nitrogen and oxygen atoms in total. The molecule has 0 bridgehead atoms. The molecule has 2 unspecified atom stereocenters. The van der Waals surface area contributed by atoms with Gasteiger partial charge >= 0.3 is 0 Å². The smallest absolute Gasteiger partial charge is 0.228 e.